The molecule has 2 aliphatic heterocycles. The fourth-order valence-electron chi connectivity index (χ4n) is 5.22. The van der Waals surface area contributed by atoms with Crippen molar-refractivity contribution < 1.29 is 9.53 Å². The molecule has 7 nitrogen and oxygen atoms in total. The number of ether oxygens (including phenoxy) is 1. The van der Waals surface area contributed by atoms with Gasteiger partial charge < -0.3 is 14.6 Å². The van der Waals surface area contributed by atoms with E-state index < -0.39 is 0 Å². The van der Waals surface area contributed by atoms with Crippen molar-refractivity contribution in [2.45, 2.75) is 76.9 Å². The molecular formula is C22H34N4O3. The lowest BCUT2D eigenvalue weighted by Gasteiger charge is -2.38. The number of carbonyl (C=O) groups excluding carboxylic acids is 1. The number of rotatable bonds is 5. The molecule has 2 fully saturated rings. The van der Waals surface area contributed by atoms with Gasteiger partial charge >= 0.3 is 0 Å². The molecule has 0 spiro atoms. The van der Waals surface area contributed by atoms with Gasteiger partial charge in [-0.3, -0.25) is 14.5 Å². The summed E-state index contributed by atoms with van der Waals surface area (Å²) in [5.74, 6) is 1.57. The number of likely N-dealkylation sites (tertiary alicyclic amines) is 1. The van der Waals surface area contributed by atoms with Crippen LogP contribution in [0.2, 0.25) is 0 Å². The molecule has 1 N–H and O–H groups in total. The van der Waals surface area contributed by atoms with E-state index in [4.69, 9.17) is 9.72 Å². The lowest BCUT2D eigenvalue weighted by Crippen LogP contribution is -2.44. The summed E-state index contributed by atoms with van der Waals surface area (Å²) in [6.45, 7) is 5.17. The number of aromatic nitrogens is 2. The normalized spacial score (nSPS) is 27.8. The molecule has 4 rings (SSSR count). The smallest absolute Gasteiger partial charge is 0.255 e. The maximum atomic E-state index is 12.9. The topological polar surface area (TPSA) is 78.5 Å². The van der Waals surface area contributed by atoms with Crippen LogP contribution in [0.25, 0.3) is 0 Å². The Bertz CT molecular complexity index is 785. The van der Waals surface area contributed by atoms with E-state index in [-0.39, 0.29) is 17.5 Å². The van der Waals surface area contributed by atoms with Crippen LogP contribution in [0.5, 0.6) is 0 Å². The Labute approximate surface area is 172 Å². The van der Waals surface area contributed by atoms with Gasteiger partial charge in [0.25, 0.3) is 5.56 Å². The van der Waals surface area contributed by atoms with Gasteiger partial charge in [0.1, 0.15) is 5.82 Å². The lowest BCUT2D eigenvalue weighted by atomic mass is 9.86. The predicted molar refractivity (Wildman–Crippen MR) is 111 cm³/mol. The Morgan fingerprint density at radius 3 is 2.76 bits per heavy atom. The number of carbonyl (C=O) groups is 1. The van der Waals surface area contributed by atoms with Crippen molar-refractivity contribution in [2.75, 3.05) is 26.8 Å². The maximum absolute atomic E-state index is 12.9. The molecule has 29 heavy (non-hydrogen) atoms. The van der Waals surface area contributed by atoms with Crippen molar-refractivity contribution in [3.8, 4) is 0 Å². The molecule has 1 atom stereocenters. The number of amides is 1. The Morgan fingerprint density at radius 2 is 2.00 bits per heavy atom. The predicted octanol–water partition coefficient (Wildman–Crippen LogP) is 2.41. The minimum atomic E-state index is -0.116. The average molecular weight is 403 g/mol. The van der Waals surface area contributed by atoms with Gasteiger partial charge in [0, 0.05) is 39.2 Å². The summed E-state index contributed by atoms with van der Waals surface area (Å²) in [6, 6.07) is 0.484. The summed E-state index contributed by atoms with van der Waals surface area (Å²) in [7, 11) is 1.61. The zero-order valence-electron chi connectivity index (χ0n) is 17.8. The highest BCUT2D eigenvalue weighted by molar-refractivity contribution is 5.77. The summed E-state index contributed by atoms with van der Waals surface area (Å²) < 4.78 is 5.05. The van der Waals surface area contributed by atoms with E-state index in [0.29, 0.717) is 31.4 Å². The average Bonchev–Trinajstić information content (AvgIpc) is 3.22. The third-order valence-electron chi connectivity index (χ3n) is 7.03. The first-order chi connectivity index (χ1) is 14.1. The minimum Gasteiger partial charge on any atom is -0.384 e. The summed E-state index contributed by atoms with van der Waals surface area (Å²) >= 11 is 0. The number of fused-ring (bicyclic) bond motifs is 1. The summed E-state index contributed by atoms with van der Waals surface area (Å²) in [6.07, 6.45) is 8.04. The van der Waals surface area contributed by atoms with E-state index in [1.807, 2.05) is 4.90 Å². The standard InChI is InChI=1S/C22H34N4O3/c1-15-5-7-16(8-6-15)25-12-9-18-17(14-25)22(28)24-21(23-18)19-4-3-11-26(19)20(27)10-13-29-2/h15-16,19H,3-14H2,1-2H3,(H,23,24,28)/t15?,16?,19-/m1/s1. The Morgan fingerprint density at radius 1 is 1.21 bits per heavy atom. The second-order valence-corrected chi connectivity index (χ2v) is 9.00. The van der Waals surface area contributed by atoms with E-state index in [1.54, 1.807) is 7.11 Å². The maximum Gasteiger partial charge on any atom is 0.255 e. The van der Waals surface area contributed by atoms with Crippen LogP contribution in [0.4, 0.5) is 0 Å². The summed E-state index contributed by atoms with van der Waals surface area (Å²) in [5.41, 5.74) is 1.74. The van der Waals surface area contributed by atoms with Crippen molar-refractivity contribution >= 4 is 5.91 Å². The van der Waals surface area contributed by atoms with Crippen LogP contribution in [0.1, 0.15) is 75.0 Å². The lowest BCUT2D eigenvalue weighted by molar-refractivity contribution is -0.133. The molecule has 1 saturated carbocycles. The van der Waals surface area contributed by atoms with Gasteiger partial charge in [0.05, 0.1) is 30.3 Å². The Balaban J connectivity index is 1.49. The zero-order chi connectivity index (χ0) is 20.4. The highest BCUT2D eigenvalue weighted by Gasteiger charge is 2.34. The minimum absolute atomic E-state index is 0.0185. The van der Waals surface area contributed by atoms with E-state index >= 15 is 0 Å². The molecule has 1 aromatic heterocycles. The number of hydrogen-bond donors (Lipinski definition) is 1. The number of methoxy groups -OCH3 is 1. The molecule has 0 radical (unpaired) electrons. The monoisotopic (exact) mass is 402 g/mol. The van der Waals surface area contributed by atoms with Crippen molar-refractivity contribution in [2.24, 2.45) is 5.92 Å². The van der Waals surface area contributed by atoms with Crippen LogP contribution in [0.15, 0.2) is 4.79 Å². The van der Waals surface area contributed by atoms with Crippen molar-refractivity contribution in [1.29, 1.82) is 0 Å². The van der Waals surface area contributed by atoms with Gasteiger partial charge in [-0.15, -0.1) is 0 Å². The third-order valence-corrected chi connectivity index (χ3v) is 7.03. The van der Waals surface area contributed by atoms with Gasteiger partial charge in [-0.1, -0.05) is 6.92 Å². The van der Waals surface area contributed by atoms with Crippen molar-refractivity contribution in [1.82, 2.24) is 19.8 Å². The van der Waals surface area contributed by atoms with Crippen molar-refractivity contribution in [3.05, 3.63) is 27.4 Å². The number of nitrogens with zero attached hydrogens (tertiary/aromatic N) is 3. The van der Waals surface area contributed by atoms with E-state index in [9.17, 15) is 9.59 Å². The number of nitrogens with one attached hydrogen (secondary N) is 1. The van der Waals surface area contributed by atoms with Crippen LogP contribution in [-0.4, -0.2) is 58.5 Å². The number of aromatic amines is 1. The molecule has 0 bridgehead atoms. The van der Waals surface area contributed by atoms with Crippen LogP contribution in [0, 0.1) is 5.92 Å². The second kappa shape index (κ2) is 8.96. The van der Waals surface area contributed by atoms with Gasteiger partial charge in [0.2, 0.25) is 5.91 Å². The second-order valence-electron chi connectivity index (χ2n) is 9.00. The Kier molecular flexibility index (Phi) is 6.35. The molecule has 1 aliphatic carbocycles. The third kappa shape index (κ3) is 4.40. The summed E-state index contributed by atoms with van der Waals surface area (Å²) in [5, 5.41) is 0. The fraction of sp³-hybridized carbons (Fsp3) is 0.773. The molecule has 7 heteroatoms. The summed E-state index contributed by atoms with van der Waals surface area (Å²) in [4.78, 5) is 37.7. The van der Waals surface area contributed by atoms with Gasteiger partial charge in [-0.2, -0.15) is 0 Å². The molecule has 0 unspecified atom stereocenters. The van der Waals surface area contributed by atoms with Gasteiger partial charge in [-0.05, 0) is 44.4 Å². The highest BCUT2D eigenvalue weighted by atomic mass is 16.5. The highest BCUT2D eigenvalue weighted by Crippen LogP contribution is 2.32. The molecule has 1 saturated heterocycles. The first-order valence-electron chi connectivity index (χ1n) is 11.2. The molecule has 0 aromatic carbocycles. The van der Waals surface area contributed by atoms with Gasteiger partial charge in [0.15, 0.2) is 0 Å². The Hall–Kier alpha value is -1.73. The quantitative estimate of drug-likeness (QED) is 0.818. The van der Waals surface area contributed by atoms with Crippen LogP contribution < -0.4 is 5.56 Å². The van der Waals surface area contributed by atoms with Gasteiger partial charge in [-0.25, -0.2) is 4.98 Å². The SMILES string of the molecule is COCCC(=O)N1CCC[C@@H]1c1nc2c(c(=O)[nH]1)CN(C1CCC(C)CC1)CC2. The fourth-order valence-corrected chi connectivity index (χ4v) is 5.22. The molecule has 160 valence electrons. The number of H-pyrrole nitrogens is 1. The molecule has 3 aliphatic rings. The van der Waals surface area contributed by atoms with Crippen LogP contribution in [0.3, 0.4) is 0 Å². The van der Waals surface area contributed by atoms with E-state index in [0.717, 1.165) is 49.5 Å². The van der Waals surface area contributed by atoms with E-state index in [2.05, 4.69) is 16.8 Å². The molecular weight excluding hydrogens is 368 g/mol. The molecule has 3 heterocycles. The first-order valence-corrected chi connectivity index (χ1v) is 11.2. The molecule has 1 aromatic rings. The zero-order valence-corrected chi connectivity index (χ0v) is 17.8. The largest absolute Gasteiger partial charge is 0.384 e. The first kappa shape index (κ1) is 20.5. The van der Waals surface area contributed by atoms with E-state index in [1.165, 1.54) is 25.7 Å². The van der Waals surface area contributed by atoms with Crippen LogP contribution in [-0.2, 0) is 22.5 Å². The van der Waals surface area contributed by atoms with Crippen LogP contribution >= 0.6 is 0 Å². The molecule has 1 amide bonds. The van der Waals surface area contributed by atoms with Crippen molar-refractivity contribution in [3.63, 3.8) is 0 Å². The number of hydrogen-bond acceptors (Lipinski definition) is 5.